The van der Waals surface area contributed by atoms with Gasteiger partial charge in [-0.25, -0.2) is 4.98 Å². The molecule has 3 heterocycles. The first-order chi connectivity index (χ1) is 11.7. The number of fused-ring (bicyclic) bond motifs is 2. The molecule has 25 heavy (non-hydrogen) atoms. The third-order valence-corrected chi connectivity index (χ3v) is 5.24. The van der Waals surface area contributed by atoms with Crippen LogP contribution in [0.2, 0.25) is 0 Å². The van der Waals surface area contributed by atoms with Gasteiger partial charge in [0, 0.05) is 12.1 Å². The maximum atomic E-state index is 13.0. The van der Waals surface area contributed by atoms with Gasteiger partial charge in [0.1, 0.15) is 5.82 Å². The van der Waals surface area contributed by atoms with Gasteiger partial charge in [-0.2, -0.15) is 13.2 Å². The number of piperidine rings is 1. The van der Waals surface area contributed by atoms with Crippen LogP contribution in [0.5, 0.6) is 0 Å². The highest BCUT2D eigenvalue weighted by Gasteiger charge is 2.57. The molecule has 2 N–H and O–H groups in total. The average molecular weight is 352 g/mol. The Balaban J connectivity index is 1.62. The minimum Gasteiger partial charge on any atom is -0.344 e. The summed E-state index contributed by atoms with van der Waals surface area (Å²) in [5.74, 6) is 1.09. The first-order valence-corrected chi connectivity index (χ1v) is 8.26. The molecule has 2 unspecified atom stereocenters. The minimum absolute atomic E-state index is 0.00233. The highest BCUT2D eigenvalue weighted by Crippen LogP contribution is 2.49. The second-order valence-corrected chi connectivity index (χ2v) is 7.42. The van der Waals surface area contributed by atoms with Crippen molar-refractivity contribution in [1.82, 2.24) is 20.0 Å². The Bertz CT molecular complexity index is 832. The number of imidazole rings is 1. The van der Waals surface area contributed by atoms with Gasteiger partial charge in [-0.3, -0.25) is 4.79 Å². The van der Waals surface area contributed by atoms with Gasteiger partial charge in [-0.05, 0) is 50.9 Å². The summed E-state index contributed by atoms with van der Waals surface area (Å²) in [6, 6.07) is 2.42. The van der Waals surface area contributed by atoms with E-state index in [1.54, 1.807) is 13.8 Å². The van der Waals surface area contributed by atoms with Crippen LogP contribution in [0, 0.1) is 17.8 Å². The summed E-state index contributed by atoms with van der Waals surface area (Å²) < 4.78 is 40.4. The van der Waals surface area contributed by atoms with E-state index in [4.69, 9.17) is 0 Å². The highest BCUT2D eigenvalue weighted by molar-refractivity contribution is 5.83. The second kappa shape index (κ2) is 5.20. The number of nitrogens with one attached hydrogen (secondary N) is 2. The maximum absolute atomic E-state index is 13.0. The van der Waals surface area contributed by atoms with Crippen LogP contribution in [-0.2, 0) is 16.5 Å². The molecule has 1 aliphatic heterocycles. The van der Waals surface area contributed by atoms with E-state index in [-0.39, 0.29) is 11.8 Å². The van der Waals surface area contributed by atoms with E-state index in [1.807, 2.05) is 0 Å². The predicted octanol–water partition coefficient (Wildman–Crippen LogP) is 2.17. The number of amides is 1. The average Bonchev–Trinajstić information content (AvgIpc) is 2.88. The molecule has 4 rings (SSSR count). The lowest BCUT2D eigenvalue weighted by Crippen LogP contribution is -2.44. The zero-order chi connectivity index (χ0) is 18.0. The summed E-state index contributed by atoms with van der Waals surface area (Å²) in [6.45, 7) is 5.22. The molecule has 0 bridgehead atoms. The fourth-order valence-electron chi connectivity index (χ4n) is 3.87. The number of carbonyl (C=O) groups excluding carboxylic acids is 1. The summed E-state index contributed by atoms with van der Waals surface area (Å²) in [4.78, 5) is 16.8. The Morgan fingerprint density at radius 3 is 2.60 bits per heavy atom. The third kappa shape index (κ3) is 2.68. The van der Waals surface area contributed by atoms with Crippen molar-refractivity contribution in [2.75, 3.05) is 13.1 Å². The molecule has 2 aromatic rings. The summed E-state index contributed by atoms with van der Waals surface area (Å²) in [5, 5.41) is 6.21. The second-order valence-electron chi connectivity index (χ2n) is 7.42. The van der Waals surface area contributed by atoms with Gasteiger partial charge in [0.05, 0.1) is 22.8 Å². The molecule has 8 heteroatoms. The fourth-order valence-corrected chi connectivity index (χ4v) is 3.87. The van der Waals surface area contributed by atoms with Gasteiger partial charge < -0.3 is 15.0 Å². The molecule has 134 valence electrons. The van der Waals surface area contributed by atoms with E-state index in [0.29, 0.717) is 23.2 Å². The molecule has 1 saturated carbocycles. The van der Waals surface area contributed by atoms with Crippen molar-refractivity contribution in [3.05, 3.63) is 35.9 Å². The number of halogens is 3. The zero-order valence-corrected chi connectivity index (χ0v) is 13.9. The van der Waals surface area contributed by atoms with Crippen molar-refractivity contribution >= 4 is 11.4 Å². The Hall–Kier alpha value is -2.09. The summed E-state index contributed by atoms with van der Waals surface area (Å²) in [7, 11) is 0. The number of aromatic nitrogens is 2. The van der Waals surface area contributed by atoms with Gasteiger partial charge in [0.25, 0.3) is 0 Å². The maximum Gasteiger partial charge on any atom is 0.417 e. The van der Waals surface area contributed by atoms with Crippen LogP contribution in [0.25, 0.3) is 5.52 Å². The topological polar surface area (TPSA) is 58.4 Å². The quantitative estimate of drug-likeness (QED) is 0.890. The molecule has 1 amide bonds. The third-order valence-electron chi connectivity index (χ3n) is 5.24. The van der Waals surface area contributed by atoms with Crippen LogP contribution >= 0.6 is 0 Å². The van der Waals surface area contributed by atoms with Crippen molar-refractivity contribution in [3.8, 4) is 0 Å². The number of pyridine rings is 1. The lowest BCUT2D eigenvalue weighted by molar-refractivity contribution is -0.138. The molecule has 1 aliphatic carbocycles. The van der Waals surface area contributed by atoms with Gasteiger partial charge in [0.2, 0.25) is 5.91 Å². The van der Waals surface area contributed by atoms with E-state index in [1.165, 1.54) is 16.7 Å². The van der Waals surface area contributed by atoms with Gasteiger partial charge in [0.15, 0.2) is 0 Å². The number of hydrogen-bond acceptors (Lipinski definition) is 3. The lowest BCUT2D eigenvalue weighted by atomic mass is 10.0. The van der Waals surface area contributed by atoms with E-state index >= 15 is 0 Å². The normalized spacial score (nSPS) is 25.9. The minimum atomic E-state index is -4.43. The summed E-state index contributed by atoms with van der Waals surface area (Å²) >= 11 is 0. The molecule has 0 radical (unpaired) electrons. The molecule has 0 spiro atoms. The SMILES string of the molecule is CC(C)(NC(=O)C1C2CNCC21)c1ncc2ccc(C(F)(F)F)cn12. The van der Waals surface area contributed by atoms with Crippen LogP contribution in [0.4, 0.5) is 13.2 Å². The summed E-state index contributed by atoms with van der Waals surface area (Å²) in [5.41, 5.74) is -1.07. The van der Waals surface area contributed by atoms with Crippen molar-refractivity contribution in [3.63, 3.8) is 0 Å². The molecule has 2 aromatic heterocycles. The molecular weight excluding hydrogens is 333 g/mol. The largest absolute Gasteiger partial charge is 0.417 e. The number of hydrogen-bond donors (Lipinski definition) is 2. The van der Waals surface area contributed by atoms with Crippen molar-refractivity contribution in [2.45, 2.75) is 25.6 Å². The monoisotopic (exact) mass is 352 g/mol. The lowest BCUT2D eigenvalue weighted by Gasteiger charge is -2.26. The zero-order valence-electron chi connectivity index (χ0n) is 13.9. The van der Waals surface area contributed by atoms with Gasteiger partial charge >= 0.3 is 6.18 Å². The Labute approximate surface area is 142 Å². The first kappa shape index (κ1) is 16.4. The molecule has 1 saturated heterocycles. The molecule has 2 aliphatic rings. The van der Waals surface area contributed by atoms with E-state index in [0.717, 1.165) is 25.4 Å². The molecule has 2 fully saturated rings. The smallest absolute Gasteiger partial charge is 0.344 e. The Kier molecular flexibility index (Phi) is 3.41. The van der Waals surface area contributed by atoms with Crippen LogP contribution in [0.3, 0.4) is 0 Å². The van der Waals surface area contributed by atoms with Crippen molar-refractivity contribution in [1.29, 1.82) is 0 Å². The fraction of sp³-hybridized carbons (Fsp3) is 0.529. The number of alkyl halides is 3. The Morgan fingerprint density at radius 2 is 1.96 bits per heavy atom. The van der Waals surface area contributed by atoms with Gasteiger partial charge in [-0.15, -0.1) is 0 Å². The number of nitrogens with zero attached hydrogens (tertiary/aromatic N) is 2. The predicted molar refractivity (Wildman–Crippen MR) is 84.7 cm³/mol. The van der Waals surface area contributed by atoms with Crippen LogP contribution in [0.15, 0.2) is 24.5 Å². The molecule has 0 aromatic carbocycles. The van der Waals surface area contributed by atoms with Gasteiger partial charge in [-0.1, -0.05) is 0 Å². The van der Waals surface area contributed by atoms with Crippen LogP contribution in [0.1, 0.15) is 25.2 Å². The summed E-state index contributed by atoms with van der Waals surface area (Å²) in [6.07, 6.45) is -1.89. The van der Waals surface area contributed by atoms with Crippen LogP contribution < -0.4 is 10.6 Å². The van der Waals surface area contributed by atoms with E-state index < -0.39 is 17.3 Å². The van der Waals surface area contributed by atoms with Crippen molar-refractivity contribution in [2.24, 2.45) is 17.8 Å². The number of rotatable bonds is 3. The van der Waals surface area contributed by atoms with E-state index in [2.05, 4.69) is 15.6 Å². The van der Waals surface area contributed by atoms with E-state index in [9.17, 15) is 18.0 Å². The molecular formula is C17H19F3N4O. The highest BCUT2D eigenvalue weighted by atomic mass is 19.4. The first-order valence-electron chi connectivity index (χ1n) is 8.26. The molecule has 2 atom stereocenters. The molecule has 5 nitrogen and oxygen atoms in total. The Morgan fingerprint density at radius 1 is 1.28 bits per heavy atom. The van der Waals surface area contributed by atoms with Crippen LogP contribution in [-0.4, -0.2) is 28.4 Å². The standard InChI is InChI=1S/C17H19F3N4O/c1-16(2,23-14(25)13-11-6-21-7-12(11)13)15-22-5-10-4-3-9(8-24(10)15)17(18,19)20/h3-5,8,11-13,21H,6-7H2,1-2H3,(H,23,25). The van der Waals surface area contributed by atoms with Crippen molar-refractivity contribution < 1.29 is 18.0 Å². The number of carbonyl (C=O) groups is 1.